The van der Waals surface area contributed by atoms with Gasteiger partial charge in [0.2, 0.25) is 0 Å². The second kappa shape index (κ2) is 5.90. The zero-order chi connectivity index (χ0) is 14.0. The van der Waals surface area contributed by atoms with Gasteiger partial charge in [-0.05, 0) is 39.0 Å². The molecule has 0 radical (unpaired) electrons. The molecule has 0 spiro atoms. The molecule has 0 aromatic heterocycles. The van der Waals surface area contributed by atoms with Crippen LogP contribution in [0, 0.1) is 5.92 Å². The van der Waals surface area contributed by atoms with E-state index in [2.05, 4.69) is 0 Å². The van der Waals surface area contributed by atoms with Crippen LogP contribution in [0.1, 0.15) is 46.0 Å². The molecule has 4 atom stereocenters. The van der Waals surface area contributed by atoms with Crippen LogP contribution in [0.3, 0.4) is 0 Å². The third-order valence-corrected chi connectivity index (χ3v) is 4.39. The number of hydrogen-bond acceptors (Lipinski definition) is 3. The van der Waals surface area contributed by atoms with Crippen molar-refractivity contribution in [3.63, 3.8) is 0 Å². The van der Waals surface area contributed by atoms with E-state index in [1.165, 1.54) is 0 Å². The van der Waals surface area contributed by atoms with Crippen molar-refractivity contribution in [1.29, 1.82) is 0 Å². The van der Waals surface area contributed by atoms with Crippen molar-refractivity contribution in [1.82, 2.24) is 4.90 Å². The highest BCUT2D eigenvalue weighted by Crippen LogP contribution is 2.40. The van der Waals surface area contributed by atoms with E-state index in [9.17, 15) is 14.7 Å². The van der Waals surface area contributed by atoms with E-state index in [1.54, 1.807) is 11.8 Å². The first-order valence-corrected chi connectivity index (χ1v) is 7.22. The van der Waals surface area contributed by atoms with Crippen LogP contribution in [0.15, 0.2) is 0 Å². The van der Waals surface area contributed by atoms with E-state index in [0.29, 0.717) is 18.9 Å². The van der Waals surface area contributed by atoms with Gasteiger partial charge in [0.25, 0.3) is 5.91 Å². The van der Waals surface area contributed by atoms with Gasteiger partial charge in [0.15, 0.2) is 0 Å². The first-order chi connectivity index (χ1) is 9.06. The number of carbonyl (C=O) groups is 2. The fourth-order valence-corrected chi connectivity index (χ4v) is 3.53. The minimum absolute atomic E-state index is 0.102. The van der Waals surface area contributed by atoms with Gasteiger partial charge in [0, 0.05) is 12.6 Å². The van der Waals surface area contributed by atoms with Gasteiger partial charge in [0.1, 0.15) is 12.1 Å². The summed E-state index contributed by atoms with van der Waals surface area (Å²) in [6, 6.07) is -0.561. The van der Waals surface area contributed by atoms with Crippen LogP contribution >= 0.6 is 0 Å². The number of carboxylic acids is 1. The molecule has 0 bridgehead atoms. The Morgan fingerprint density at radius 3 is 2.68 bits per heavy atom. The van der Waals surface area contributed by atoms with Gasteiger partial charge in [0.05, 0.1) is 0 Å². The molecule has 1 saturated carbocycles. The van der Waals surface area contributed by atoms with Crippen molar-refractivity contribution >= 4 is 11.9 Å². The average Bonchev–Trinajstić information content (AvgIpc) is 2.77. The molecule has 1 heterocycles. The summed E-state index contributed by atoms with van der Waals surface area (Å²) in [4.78, 5) is 25.5. The molecule has 1 aliphatic heterocycles. The molecule has 0 aromatic rings. The Morgan fingerprint density at radius 1 is 1.37 bits per heavy atom. The molecule has 5 nitrogen and oxygen atoms in total. The molecular weight excluding hydrogens is 246 g/mol. The van der Waals surface area contributed by atoms with Gasteiger partial charge in [-0.3, -0.25) is 4.79 Å². The molecular formula is C14H23NO4. The number of hydrogen-bond donors (Lipinski definition) is 1. The second-order valence-electron chi connectivity index (χ2n) is 5.54. The lowest BCUT2D eigenvalue weighted by molar-refractivity contribution is -0.155. The molecule has 1 aliphatic carbocycles. The highest BCUT2D eigenvalue weighted by Gasteiger charge is 2.48. The normalized spacial score (nSPS) is 31.9. The van der Waals surface area contributed by atoms with Crippen LogP contribution in [0.5, 0.6) is 0 Å². The molecule has 19 heavy (non-hydrogen) atoms. The van der Waals surface area contributed by atoms with Crippen LogP contribution in [0.25, 0.3) is 0 Å². The molecule has 5 heteroatoms. The maximum absolute atomic E-state index is 12.4. The summed E-state index contributed by atoms with van der Waals surface area (Å²) in [5.41, 5.74) is 0. The minimum Gasteiger partial charge on any atom is -0.480 e. The molecule has 2 rings (SSSR count). The number of fused-ring (bicyclic) bond motifs is 1. The number of carbonyl (C=O) groups excluding carboxylic acids is 1. The van der Waals surface area contributed by atoms with Crippen molar-refractivity contribution in [3.05, 3.63) is 0 Å². The number of ether oxygens (including phenoxy) is 1. The summed E-state index contributed by atoms with van der Waals surface area (Å²) in [6.07, 6.45) is 4.26. The lowest BCUT2D eigenvalue weighted by Gasteiger charge is -2.34. The van der Waals surface area contributed by atoms with Crippen LogP contribution in [0.4, 0.5) is 0 Å². The SMILES string of the molecule is CCO[C@H](C)C(=O)N1[C@H](C(=O)O)C[C@H]2CCCC[C@@H]21. The summed E-state index contributed by atoms with van der Waals surface area (Å²) in [6.45, 7) is 4.01. The molecule has 108 valence electrons. The largest absolute Gasteiger partial charge is 0.480 e. The lowest BCUT2D eigenvalue weighted by Crippen LogP contribution is -2.50. The van der Waals surface area contributed by atoms with Crippen molar-refractivity contribution in [3.8, 4) is 0 Å². The van der Waals surface area contributed by atoms with Gasteiger partial charge in [-0.2, -0.15) is 0 Å². The van der Waals surface area contributed by atoms with E-state index in [0.717, 1.165) is 25.7 Å². The third kappa shape index (κ3) is 2.76. The topological polar surface area (TPSA) is 66.8 Å². The van der Waals surface area contributed by atoms with Crippen LogP contribution in [-0.4, -0.2) is 46.7 Å². The zero-order valence-electron chi connectivity index (χ0n) is 11.7. The number of amides is 1. The van der Waals surface area contributed by atoms with E-state index >= 15 is 0 Å². The minimum atomic E-state index is -0.883. The van der Waals surface area contributed by atoms with Crippen LogP contribution in [-0.2, 0) is 14.3 Å². The third-order valence-electron chi connectivity index (χ3n) is 4.39. The smallest absolute Gasteiger partial charge is 0.326 e. The van der Waals surface area contributed by atoms with Gasteiger partial charge in [-0.15, -0.1) is 0 Å². The molecule has 0 aromatic carbocycles. The first-order valence-electron chi connectivity index (χ1n) is 7.22. The number of aliphatic carboxylic acids is 1. The monoisotopic (exact) mass is 269 g/mol. The van der Waals surface area contributed by atoms with Gasteiger partial charge in [-0.25, -0.2) is 4.79 Å². The Bertz CT molecular complexity index is 357. The quantitative estimate of drug-likeness (QED) is 0.842. The van der Waals surface area contributed by atoms with Crippen LogP contribution in [0.2, 0.25) is 0 Å². The van der Waals surface area contributed by atoms with Crippen molar-refractivity contribution in [2.45, 2.75) is 64.1 Å². The summed E-state index contributed by atoms with van der Waals surface area (Å²) in [5.74, 6) is -0.692. The molecule has 1 N–H and O–H groups in total. The van der Waals surface area contributed by atoms with Crippen molar-refractivity contribution in [2.24, 2.45) is 5.92 Å². The highest BCUT2D eigenvalue weighted by atomic mass is 16.5. The fraction of sp³-hybridized carbons (Fsp3) is 0.857. The van der Waals surface area contributed by atoms with Crippen LogP contribution < -0.4 is 0 Å². The molecule has 1 amide bonds. The summed E-state index contributed by atoms with van der Waals surface area (Å²) >= 11 is 0. The molecule has 2 aliphatic rings. The summed E-state index contributed by atoms with van der Waals surface area (Å²) in [7, 11) is 0. The van der Waals surface area contributed by atoms with Gasteiger partial charge < -0.3 is 14.7 Å². The Kier molecular flexibility index (Phi) is 4.45. The number of carboxylic acid groups (broad SMARTS) is 1. The maximum atomic E-state index is 12.4. The summed E-state index contributed by atoms with van der Waals surface area (Å²) < 4.78 is 5.34. The van der Waals surface area contributed by atoms with E-state index in [1.807, 2.05) is 6.92 Å². The van der Waals surface area contributed by atoms with Gasteiger partial charge >= 0.3 is 5.97 Å². The average molecular weight is 269 g/mol. The highest BCUT2D eigenvalue weighted by molar-refractivity contribution is 5.87. The summed E-state index contributed by atoms with van der Waals surface area (Å²) in [5, 5.41) is 9.36. The number of nitrogens with zero attached hydrogens (tertiary/aromatic N) is 1. The lowest BCUT2D eigenvalue weighted by atomic mass is 9.84. The van der Waals surface area contributed by atoms with Crippen molar-refractivity contribution < 1.29 is 19.4 Å². The molecule has 2 fully saturated rings. The number of likely N-dealkylation sites (tertiary alicyclic amines) is 1. The maximum Gasteiger partial charge on any atom is 0.326 e. The molecule has 0 unspecified atom stereocenters. The first kappa shape index (κ1) is 14.3. The van der Waals surface area contributed by atoms with Gasteiger partial charge in [-0.1, -0.05) is 12.8 Å². The number of rotatable bonds is 4. The van der Waals surface area contributed by atoms with E-state index < -0.39 is 18.1 Å². The second-order valence-corrected chi connectivity index (χ2v) is 5.54. The predicted molar refractivity (Wildman–Crippen MR) is 69.7 cm³/mol. The van der Waals surface area contributed by atoms with E-state index in [4.69, 9.17) is 4.74 Å². The Balaban J connectivity index is 2.17. The zero-order valence-corrected chi connectivity index (χ0v) is 11.7. The predicted octanol–water partition coefficient (Wildman–Crippen LogP) is 1.66. The molecule has 1 saturated heterocycles. The Morgan fingerprint density at radius 2 is 2.05 bits per heavy atom. The Labute approximate surface area is 113 Å². The Hall–Kier alpha value is -1.10. The fourth-order valence-electron chi connectivity index (χ4n) is 3.53. The van der Waals surface area contributed by atoms with E-state index in [-0.39, 0.29) is 11.9 Å². The van der Waals surface area contributed by atoms with Crippen molar-refractivity contribution in [2.75, 3.05) is 6.61 Å². The standard InChI is InChI=1S/C14H23NO4/c1-3-19-9(2)13(16)15-11-7-5-4-6-10(11)8-12(15)14(17)18/h9-12H,3-8H2,1-2H3,(H,17,18)/t9-,10-,11+,12+/m1/s1.